The summed E-state index contributed by atoms with van der Waals surface area (Å²) in [7, 11) is 0. The Bertz CT molecular complexity index is 3920. The minimum absolute atomic E-state index is 0.0620. The number of carbonyl (C=O) groups excluding carboxylic acids is 3. The van der Waals surface area contributed by atoms with Crippen LogP contribution in [0, 0.1) is 46.9 Å². The number of hydrogen-bond donors (Lipinski definition) is 7. The molecule has 0 aliphatic heterocycles. The number of rotatable bonds is 7. The molecule has 0 bridgehead atoms. The summed E-state index contributed by atoms with van der Waals surface area (Å²) in [5, 5.41) is 17.0. The first-order valence-electron chi connectivity index (χ1n) is 21.9. The van der Waals surface area contributed by atoms with E-state index in [4.69, 9.17) is 52.0 Å². The van der Waals surface area contributed by atoms with Crippen molar-refractivity contribution >= 4 is 129 Å². The van der Waals surface area contributed by atoms with Crippen molar-refractivity contribution < 1.29 is 31.9 Å². The van der Waals surface area contributed by atoms with Gasteiger partial charge in [-0.25, -0.2) is 47.5 Å². The first-order valence-corrected chi connectivity index (χ1v) is 23.9. The van der Waals surface area contributed by atoms with Crippen LogP contribution in [0.15, 0.2) is 155 Å². The van der Waals surface area contributed by atoms with E-state index in [2.05, 4.69) is 78.3 Å². The lowest BCUT2D eigenvalue weighted by Gasteiger charge is -2.07. The van der Waals surface area contributed by atoms with Crippen molar-refractivity contribution in [3.8, 4) is 18.4 Å². The molecule has 0 fully saturated rings. The van der Waals surface area contributed by atoms with Gasteiger partial charge in [-0.1, -0.05) is 37.8 Å². The molecule has 78 heavy (non-hydrogen) atoms. The summed E-state index contributed by atoms with van der Waals surface area (Å²) in [6.45, 7) is 0. The Kier molecular flexibility index (Phi) is 19.6. The fraction of sp³-hybridized carbons (Fsp3) is 0. The molecule has 10 aromatic rings. The molecule has 0 aliphatic rings. The fourth-order valence-corrected chi connectivity index (χ4v) is 7.42. The largest absolute Gasteiger partial charge is 0.399 e. The van der Waals surface area contributed by atoms with Crippen LogP contribution in [0.2, 0.25) is 5.28 Å². The van der Waals surface area contributed by atoms with Crippen molar-refractivity contribution in [3.05, 3.63) is 211 Å². The molecule has 0 aliphatic carbocycles. The first-order chi connectivity index (χ1) is 37.1. The van der Waals surface area contributed by atoms with E-state index < -0.39 is 41.0 Å². The molecular weight excluding hydrogens is 1160 g/mol. The molecule has 0 radical (unpaired) electrons. The number of fused-ring (bicyclic) bond motifs is 3. The van der Waals surface area contributed by atoms with Crippen molar-refractivity contribution in [2.45, 2.75) is 0 Å². The second-order valence-corrected chi connectivity index (χ2v) is 18.0. The van der Waals surface area contributed by atoms with Crippen LogP contribution in [0.3, 0.4) is 0 Å². The first kappa shape index (κ1) is 57.5. The predicted octanol–water partition coefficient (Wildman–Crippen LogP) is 10.8. The van der Waals surface area contributed by atoms with Gasteiger partial charge < -0.3 is 39.3 Å². The van der Waals surface area contributed by atoms with Gasteiger partial charge in [-0.15, -0.1) is 6.42 Å². The monoisotopic (exact) mass is 1200 g/mol. The number of amides is 3. The molecule has 0 atom stereocenters. The Morgan fingerprint density at radius 1 is 0.513 bits per heavy atom. The number of anilines is 6. The number of aromatic nitrogens is 6. The van der Waals surface area contributed by atoms with Crippen LogP contribution in [0.25, 0.3) is 32.7 Å². The quantitative estimate of drug-likeness (QED) is 0.0338. The highest BCUT2D eigenvalue weighted by atomic mass is 79.9. The second-order valence-electron chi connectivity index (χ2n) is 15.8. The number of nitrogen functional groups attached to an aromatic ring is 2. The van der Waals surface area contributed by atoms with E-state index >= 15 is 0 Å². The summed E-state index contributed by atoms with van der Waals surface area (Å²) in [6.07, 6.45) is 10.3. The standard InChI is InChI=1S/C17H11FN4O.C15H10BrFN4O.C8H4BrClN2.C7H7FN2O.C7H5FN2/c1-2-10-3-4-15-12(5-10)9-20-17(22-15)21-14-7-11(16(19)23)6-13(18)8-14;16-10-1-2-13-9(3-10)7-19-15(21-13)20-12-5-8(14(18)22)4-11(17)6-12;9-6-1-2-7-5(3-6)4-11-8(10)12-7;8-5-1-4(7(10)11)2-6(9)3-5;8-6-1-5(4-9)2-7(10)3-6/h1,3-9H,(H2,19,23)(H,20,21,22);1-7H,(H2,18,22)(H,19,20,21);1-4H;1-3H,9H2,(H2,10,11);1-3H,10H2. The molecule has 0 saturated carbocycles. The Morgan fingerprint density at radius 3 is 1.37 bits per heavy atom. The van der Waals surface area contributed by atoms with Gasteiger partial charge >= 0.3 is 0 Å². The van der Waals surface area contributed by atoms with Crippen molar-refractivity contribution in [2.24, 2.45) is 17.2 Å². The summed E-state index contributed by atoms with van der Waals surface area (Å²) >= 11 is 12.4. The zero-order valence-electron chi connectivity index (χ0n) is 39.8. The number of halogens is 7. The van der Waals surface area contributed by atoms with E-state index in [1.54, 1.807) is 42.9 Å². The zero-order valence-corrected chi connectivity index (χ0v) is 43.7. The maximum absolute atomic E-state index is 13.5. The van der Waals surface area contributed by atoms with Gasteiger partial charge in [0, 0.05) is 88.7 Å². The summed E-state index contributed by atoms with van der Waals surface area (Å²) in [4.78, 5) is 57.7. The molecule has 24 heteroatoms. The second kappa shape index (κ2) is 26.6. The SMILES string of the molecule is C#Cc1ccc2nc(Nc3cc(F)cc(C(N)=O)c3)ncc2c1.Clc1ncc2cc(Br)ccc2n1.N#Cc1cc(N)cc(F)c1.NC(=O)c1cc(F)cc(Nc2ncc3cc(Br)ccc3n2)c1.NC(=O)c1cc(N)cc(F)c1. The maximum atomic E-state index is 13.5. The number of benzene rings is 7. The van der Waals surface area contributed by atoms with Gasteiger partial charge in [-0.3, -0.25) is 14.4 Å². The molecule has 10 rings (SSSR count). The van der Waals surface area contributed by atoms with Gasteiger partial charge in [0.05, 0.1) is 28.2 Å². The number of nitrogens with zero attached hydrogens (tertiary/aromatic N) is 7. The van der Waals surface area contributed by atoms with Gasteiger partial charge in [0.2, 0.25) is 34.9 Å². The van der Waals surface area contributed by atoms with Crippen molar-refractivity contribution in [1.29, 1.82) is 5.26 Å². The van der Waals surface area contributed by atoms with Crippen molar-refractivity contribution in [2.75, 3.05) is 22.1 Å². The van der Waals surface area contributed by atoms with Gasteiger partial charge in [0.1, 0.15) is 23.3 Å². The number of nitrogens with one attached hydrogen (secondary N) is 2. The lowest BCUT2D eigenvalue weighted by Crippen LogP contribution is -2.11. The van der Waals surface area contributed by atoms with E-state index in [0.717, 1.165) is 72.0 Å². The Balaban J connectivity index is 0.000000165. The van der Waals surface area contributed by atoms with E-state index in [1.807, 2.05) is 36.4 Å². The zero-order chi connectivity index (χ0) is 56.6. The molecule has 7 aromatic carbocycles. The minimum atomic E-state index is -0.714. The Labute approximate surface area is 462 Å². The molecule has 3 amide bonds. The lowest BCUT2D eigenvalue weighted by molar-refractivity contribution is 0.0991. The number of primary amides is 3. The third kappa shape index (κ3) is 17.1. The highest BCUT2D eigenvalue weighted by Crippen LogP contribution is 2.24. The van der Waals surface area contributed by atoms with Crippen LogP contribution in [0.5, 0.6) is 0 Å². The van der Waals surface area contributed by atoms with Crippen LogP contribution in [0.4, 0.5) is 52.2 Å². The summed E-state index contributed by atoms with van der Waals surface area (Å²) in [5.74, 6) is -1.17. The van der Waals surface area contributed by atoms with Crippen LogP contribution in [0.1, 0.15) is 42.2 Å². The number of nitrogens with two attached hydrogens (primary N) is 5. The number of carbonyl (C=O) groups is 3. The topological polar surface area (TPSA) is 306 Å². The lowest BCUT2D eigenvalue weighted by atomic mass is 10.1. The summed E-state index contributed by atoms with van der Waals surface area (Å²) < 4.78 is 53.8. The molecule has 17 nitrogen and oxygen atoms in total. The highest BCUT2D eigenvalue weighted by Gasteiger charge is 2.10. The van der Waals surface area contributed by atoms with Crippen LogP contribution < -0.4 is 39.3 Å². The number of nitriles is 1. The molecule has 0 unspecified atom stereocenters. The van der Waals surface area contributed by atoms with E-state index in [-0.39, 0.29) is 44.9 Å². The molecule has 0 saturated heterocycles. The third-order valence-electron chi connectivity index (χ3n) is 9.93. The van der Waals surface area contributed by atoms with E-state index in [9.17, 15) is 31.9 Å². The average molecular weight is 1200 g/mol. The molecule has 390 valence electrons. The number of hydrogen-bond acceptors (Lipinski definition) is 14. The predicted molar refractivity (Wildman–Crippen MR) is 298 cm³/mol. The molecule has 3 aromatic heterocycles. The summed E-state index contributed by atoms with van der Waals surface area (Å²) in [6, 6.07) is 33.2. The number of terminal acetylenes is 1. The molecule has 12 N–H and O–H groups in total. The molecule has 0 spiro atoms. The smallest absolute Gasteiger partial charge is 0.248 e. The van der Waals surface area contributed by atoms with Crippen molar-refractivity contribution in [3.63, 3.8) is 0 Å². The summed E-state index contributed by atoms with van der Waals surface area (Å²) in [5.41, 5.74) is 30.4. The van der Waals surface area contributed by atoms with Crippen LogP contribution in [-0.2, 0) is 0 Å². The Morgan fingerprint density at radius 2 is 0.923 bits per heavy atom. The highest BCUT2D eigenvalue weighted by molar-refractivity contribution is 9.10. The van der Waals surface area contributed by atoms with Gasteiger partial charge in [-0.05, 0) is 139 Å². The normalized spacial score (nSPS) is 10.1. The van der Waals surface area contributed by atoms with Crippen LogP contribution >= 0.6 is 43.5 Å². The Hall–Kier alpha value is -9.81. The average Bonchev–Trinajstić information content (AvgIpc) is 3.41. The fourth-order valence-electron chi connectivity index (χ4n) is 6.53. The minimum Gasteiger partial charge on any atom is -0.399 e. The van der Waals surface area contributed by atoms with Gasteiger partial charge in [0.25, 0.3) is 0 Å². The van der Waals surface area contributed by atoms with E-state index in [1.165, 1.54) is 42.5 Å². The van der Waals surface area contributed by atoms with Gasteiger partial charge in [0.15, 0.2) is 0 Å². The van der Waals surface area contributed by atoms with Crippen LogP contribution in [-0.4, -0.2) is 47.6 Å². The van der Waals surface area contributed by atoms with Gasteiger partial charge in [-0.2, -0.15) is 5.26 Å². The third-order valence-corrected chi connectivity index (χ3v) is 11.1. The molecule has 3 heterocycles. The molecular formula is C54H37Br2ClF4N14O3. The van der Waals surface area contributed by atoms with Crippen molar-refractivity contribution in [1.82, 2.24) is 29.9 Å². The van der Waals surface area contributed by atoms with E-state index in [0.29, 0.717) is 22.8 Å². The maximum Gasteiger partial charge on any atom is 0.248 e.